The largest absolute Gasteiger partial charge is 0.366 e. The Morgan fingerprint density at radius 3 is 2.75 bits per heavy atom. The molecule has 0 saturated heterocycles. The highest BCUT2D eigenvalue weighted by Gasteiger charge is 2.27. The third-order valence-electron chi connectivity index (χ3n) is 3.44. The maximum absolute atomic E-state index is 13.6. The van der Waals surface area contributed by atoms with Gasteiger partial charge in [-0.25, -0.2) is 9.37 Å². The molecule has 5 nitrogen and oxygen atoms in total. The third-order valence-corrected chi connectivity index (χ3v) is 3.44. The van der Waals surface area contributed by atoms with E-state index in [4.69, 9.17) is 0 Å². The number of halogens is 1. The number of anilines is 2. The van der Waals surface area contributed by atoms with Gasteiger partial charge in [0.05, 0.1) is 6.20 Å². The first-order valence-corrected chi connectivity index (χ1v) is 7.49. The average molecular weight is 281 g/mol. The topological polar surface area (TPSA) is 53.1 Å². The minimum absolute atomic E-state index is 0.283. The molecule has 1 heterocycles. The van der Waals surface area contributed by atoms with Gasteiger partial charge in [-0.15, -0.1) is 0 Å². The fourth-order valence-electron chi connectivity index (χ4n) is 2.17. The van der Waals surface area contributed by atoms with Crippen LogP contribution in [-0.4, -0.2) is 47.1 Å². The molecule has 0 atom stereocenters. The van der Waals surface area contributed by atoms with Gasteiger partial charge in [-0.2, -0.15) is 4.98 Å². The summed E-state index contributed by atoms with van der Waals surface area (Å²) in [5.74, 6) is 0.359. The Hall–Kier alpha value is -1.43. The first kappa shape index (κ1) is 15.0. The minimum Gasteiger partial charge on any atom is -0.366 e. The Morgan fingerprint density at radius 2 is 2.10 bits per heavy atom. The molecule has 6 heteroatoms. The van der Waals surface area contributed by atoms with Crippen molar-refractivity contribution >= 4 is 11.8 Å². The Labute approximate surface area is 120 Å². The van der Waals surface area contributed by atoms with Crippen LogP contribution in [0.2, 0.25) is 0 Å². The van der Waals surface area contributed by atoms with Crippen molar-refractivity contribution in [1.29, 1.82) is 0 Å². The van der Waals surface area contributed by atoms with E-state index in [1.54, 1.807) is 0 Å². The van der Waals surface area contributed by atoms with Crippen LogP contribution >= 0.6 is 0 Å². The van der Waals surface area contributed by atoms with E-state index in [0.717, 1.165) is 32.1 Å². The quantitative estimate of drug-likeness (QED) is 0.727. The van der Waals surface area contributed by atoms with Gasteiger partial charge in [0.25, 0.3) is 0 Å². The van der Waals surface area contributed by atoms with Crippen molar-refractivity contribution in [3.8, 4) is 0 Å². The second-order valence-electron chi connectivity index (χ2n) is 5.10. The number of aromatic nitrogens is 2. The van der Waals surface area contributed by atoms with E-state index >= 15 is 0 Å². The van der Waals surface area contributed by atoms with Crippen molar-refractivity contribution in [1.82, 2.24) is 14.9 Å². The molecule has 2 N–H and O–H groups in total. The van der Waals surface area contributed by atoms with Gasteiger partial charge < -0.3 is 10.6 Å². The van der Waals surface area contributed by atoms with Crippen molar-refractivity contribution in [3.05, 3.63) is 12.0 Å². The number of likely N-dealkylation sites (N-methyl/N-ethyl adjacent to an activating group) is 1. The Kier molecular flexibility index (Phi) is 5.52. The Balaban J connectivity index is 1.84. The van der Waals surface area contributed by atoms with Gasteiger partial charge in [0.1, 0.15) is 0 Å². The summed E-state index contributed by atoms with van der Waals surface area (Å²) in [6.07, 6.45) is 4.78. The van der Waals surface area contributed by atoms with Crippen LogP contribution in [0.3, 0.4) is 0 Å². The van der Waals surface area contributed by atoms with Gasteiger partial charge in [-0.05, 0) is 25.8 Å². The molecule has 1 aliphatic carbocycles. The summed E-state index contributed by atoms with van der Waals surface area (Å²) in [5, 5.41) is 6.13. The molecular formula is C14H24FN5. The van der Waals surface area contributed by atoms with Crippen molar-refractivity contribution in [2.75, 3.05) is 36.8 Å². The maximum atomic E-state index is 13.6. The molecule has 0 bridgehead atoms. The molecule has 0 unspecified atom stereocenters. The molecular weight excluding hydrogens is 257 g/mol. The smallest absolute Gasteiger partial charge is 0.224 e. The second kappa shape index (κ2) is 7.38. The van der Waals surface area contributed by atoms with E-state index in [-0.39, 0.29) is 5.82 Å². The average Bonchev–Trinajstić information content (AvgIpc) is 3.28. The second-order valence-corrected chi connectivity index (χ2v) is 5.10. The van der Waals surface area contributed by atoms with E-state index in [1.807, 2.05) is 0 Å². The van der Waals surface area contributed by atoms with Crippen molar-refractivity contribution in [3.63, 3.8) is 0 Å². The van der Waals surface area contributed by atoms with Crippen molar-refractivity contribution in [2.24, 2.45) is 0 Å². The van der Waals surface area contributed by atoms with Crippen molar-refractivity contribution in [2.45, 2.75) is 39.2 Å². The third kappa shape index (κ3) is 4.30. The van der Waals surface area contributed by atoms with Crippen LogP contribution in [0.4, 0.5) is 16.2 Å². The monoisotopic (exact) mass is 281 g/mol. The first-order chi connectivity index (χ1) is 9.74. The lowest BCUT2D eigenvalue weighted by atomic mass is 10.4. The van der Waals surface area contributed by atoms with E-state index in [2.05, 4.69) is 39.3 Å². The van der Waals surface area contributed by atoms with Crippen LogP contribution < -0.4 is 10.6 Å². The lowest BCUT2D eigenvalue weighted by molar-refractivity contribution is 0.289. The molecule has 1 saturated carbocycles. The van der Waals surface area contributed by atoms with Crippen LogP contribution in [-0.2, 0) is 0 Å². The summed E-state index contributed by atoms with van der Waals surface area (Å²) in [7, 11) is 0. The fourth-order valence-corrected chi connectivity index (χ4v) is 2.17. The van der Waals surface area contributed by atoms with E-state index in [0.29, 0.717) is 12.5 Å². The van der Waals surface area contributed by atoms with Gasteiger partial charge in [0.2, 0.25) is 5.95 Å². The fraction of sp³-hybridized carbons (Fsp3) is 0.714. The summed E-state index contributed by atoms with van der Waals surface area (Å²) in [5.41, 5.74) is 0. The number of nitrogens with zero attached hydrogens (tertiary/aromatic N) is 3. The number of hydrogen-bond donors (Lipinski definition) is 2. The van der Waals surface area contributed by atoms with Gasteiger partial charge in [-0.1, -0.05) is 13.8 Å². The van der Waals surface area contributed by atoms with Crippen molar-refractivity contribution < 1.29 is 4.39 Å². The zero-order valence-corrected chi connectivity index (χ0v) is 12.3. The number of rotatable bonds is 9. The highest BCUT2D eigenvalue weighted by atomic mass is 19.1. The highest BCUT2D eigenvalue weighted by Crippen LogP contribution is 2.26. The van der Waals surface area contributed by atoms with Crippen LogP contribution in [0.25, 0.3) is 0 Å². The van der Waals surface area contributed by atoms with Crippen LogP contribution in [0.5, 0.6) is 0 Å². The summed E-state index contributed by atoms with van der Waals surface area (Å²) >= 11 is 0. The maximum Gasteiger partial charge on any atom is 0.224 e. The van der Waals surface area contributed by atoms with Crippen LogP contribution in [0, 0.1) is 5.82 Å². The lowest BCUT2D eigenvalue weighted by Gasteiger charge is -2.20. The first-order valence-electron chi connectivity index (χ1n) is 7.49. The molecule has 2 rings (SSSR count). The molecule has 1 aliphatic rings. The van der Waals surface area contributed by atoms with Crippen LogP contribution in [0.15, 0.2) is 6.20 Å². The van der Waals surface area contributed by atoms with Gasteiger partial charge in [0, 0.05) is 25.7 Å². The summed E-state index contributed by atoms with van der Waals surface area (Å²) in [6.45, 7) is 7.68. The molecule has 1 aromatic heterocycles. The zero-order valence-electron chi connectivity index (χ0n) is 12.3. The molecule has 0 aromatic carbocycles. The molecule has 20 heavy (non-hydrogen) atoms. The summed E-state index contributed by atoms with van der Waals surface area (Å²) in [6, 6.07) is 0.735. The van der Waals surface area contributed by atoms with Gasteiger partial charge in [0.15, 0.2) is 11.6 Å². The molecule has 112 valence electrons. The minimum atomic E-state index is -0.401. The zero-order chi connectivity index (χ0) is 14.4. The van der Waals surface area contributed by atoms with E-state index < -0.39 is 5.82 Å². The normalized spacial score (nSPS) is 14.6. The predicted octanol–water partition coefficient (Wildman–Crippen LogP) is 2.33. The summed E-state index contributed by atoms with van der Waals surface area (Å²) < 4.78 is 13.6. The van der Waals surface area contributed by atoms with E-state index in [9.17, 15) is 4.39 Å². The Bertz CT molecular complexity index is 422. The molecule has 0 amide bonds. The highest BCUT2D eigenvalue weighted by molar-refractivity contribution is 5.40. The predicted molar refractivity (Wildman–Crippen MR) is 79.5 cm³/mol. The summed E-state index contributed by atoms with van der Waals surface area (Å²) in [4.78, 5) is 10.5. The number of hydrogen-bond acceptors (Lipinski definition) is 5. The molecule has 0 spiro atoms. The lowest BCUT2D eigenvalue weighted by Crippen LogP contribution is -2.31. The number of nitrogens with one attached hydrogen (secondary N) is 2. The SMILES string of the molecule is CCCNc1ncc(F)c(NCCN(CC)C2CC2)n1. The Morgan fingerprint density at radius 1 is 1.30 bits per heavy atom. The van der Waals surface area contributed by atoms with Crippen LogP contribution in [0.1, 0.15) is 33.1 Å². The molecule has 1 aromatic rings. The molecule has 0 aliphatic heterocycles. The molecule has 1 fully saturated rings. The van der Waals surface area contributed by atoms with E-state index in [1.165, 1.54) is 19.0 Å². The van der Waals surface area contributed by atoms with Gasteiger partial charge in [-0.3, -0.25) is 4.90 Å². The molecule has 0 radical (unpaired) electrons. The van der Waals surface area contributed by atoms with Gasteiger partial charge >= 0.3 is 0 Å². The standard InChI is InChI=1S/C14H24FN5/c1-3-7-17-14-18-10-12(15)13(19-14)16-8-9-20(4-2)11-5-6-11/h10-11H,3-9H2,1-2H3,(H2,16,17,18,19).